The maximum Gasteiger partial charge on any atom is 0.339 e. The molecule has 0 aliphatic carbocycles. The third-order valence-corrected chi connectivity index (χ3v) is 3.07. The van der Waals surface area contributed by atoms with Crippen LogP contribution in [0.5, 0.6) is 5.75 Å². The van der Waals surface area contributed by atoms with Crippen molar-refractivity contribution in [2.24, 2.45) is 0 Å². The Bertz CT molecular complexity index is 507. The Morgan fingerprint density at radius 2 is 2.20 bits per heavy atom. The number of carboxylic acid groups (broad SMARTS) is 1. The number of aliphatic hydroxyl groups is 1. The first-order valence-corrected chi connectivity index (χ1v) is 6.51. The number of benzene rings is 1. The number of carbonyl (C=O) groups is 1. The van der Waals surface area contributed by atoms with Crippen LogP contribution in [-0.2, 0) is 0 Å². The summed E-state index contributed by atoms with van der Waals surface area (Å²) in [6, 6.07) is 3.28. The van der Waals surface area contributed by atoms with E-state index in [4.69, 9.17) is 9.84 Å². The number of rotatable bonds is 7. The molecule has 2 atom stereocenters. The highest BCUT2D eigenvalue weighted by Gasteiger charge is 2.23. The average Bonchev–Trinajstić information content (AvgIpc) is 2.43. The van der Waals surface area contributed by atoms with Crippen molar-refractivity contribution in [1.29, 1.82) is 0 Å². The fraction of sp³-hybridized carbons (Fsp3) is 0.417. The predicted molar refractivity (Wildman–Crippen MR) is 74.6 cm³/mol. The molecule has 0 spiro atoms. The number of carboxylic acids is 1. The van der Waals surface area contributed by atoms with Crippen LogP contribution < -0.4 is 4.74 Å². The summed E-state index contributed by atoms with van der Waals surface area (Å²) in [6.45, 7) is 1.75. The molecule has 0 amide bonds. The van der Waals surface area contributed by atoms with Crippen molar-refractivity contribution >= 4 is 24.3 Å². The molecule has 0 saturated heterocycles. The van der Waals surface area contributed by atoms with E-state index < -0.39 is 23.1 Å². The summed E-state index contributed by atoms with van der Waals surface area (Å²) in [4.78, 5) is 21.1. The molecule has 0 aliphatic rings. The van der Waals surface area contributed by atoms with Crippen molar-refractivity contribution in [3.05, 3.63) is 33.9 Å². The smallest absolute Gasteiger partial charge is 0.339 e. The predicted octanol–water partition coefficient (Wildman–Crippen LogP) is 1.74. The first kappa shape index (κ1) is 16.3. The highest BCUT2D eigenvalue weighted by Crippen LogP contribution is 2.26. The number of non-ortho nitro benzene ring substituents is 1. The molecule has 0 radical (unpaired) electrons. The highest BCUT2D eigenvalue weighted by molar-refractivity contribution is 7.80. The second-order valence-corrected chi connectivity index (χ2v) is 4.42. The van der Waals surface area contributed by atoms with Gasteiger partial charge in [0.25, 0.3) is 5.69 Å². The molecule has 2 unspecified atom stereocenters. The van der Waals surface area contributed by atoms with Gasteiger partial charge in [-0.1, -0.05) is 6.92 Å². The van der Waals surface area contributed by atoms with Crippen molar-refractivity contribution in [2.75, 3.05) is 5.75 Å². The normalized spacial score (nSPS) is 13.6. The van der Waals surface area contributed by atoms with Crippen LogP contribution in [0.1, 0.15) is 23.7 Å². The SMILES string of the molecule is CCC(O)C(CS)Oc1ccc([N+](=O)[O-])cc1C(=O)O. The molecule has 8 heteroatoms. The van der Waals surface area contributed by atoms with E-state index in [0.717, 1.165) is 12.1 Å². The first-order valence-electron chi connectivity index (χ1n) is 5.88. The maximum atomic E-state index is 11.1. The molecule has 20 heavy (non-hydrogen) atoms. The van der Waals surface area contributed by atoms with E-state index in [1.807, 2.05) is 0 Å². The highest BCUT2D eigenvalue weighted by atomic mass is 32.1. The van der Waals surface area contributed by atoms with Gasteiger partial charge in [-0.25, -0.2) is 4.79 Å². The van der Waals surface area contributed by atoms with Crippen molar-refractivity contribution in [3.63, 3.8) is 0 Å². The van der Waals surface area contributed by atoms with Crippen LogP contribution >= 0.6 is 12.6 Å². The minimum absolute atomic E-state index is 0.0327. The molecule has 0 aliphatic heterocycles. The molecular weight excluding hydrogens is 286 g/mol. The third kappa shape index (κ3) is 3.84. The number of hydrogen-bond donors (Lipinski definition) is 3. The summed E-state index contributed by atoms with van der Waals surface area (Å²) in [5.41, 5.74) is -0.664. The summed E-state index contributed by atoms with van der Waals surface area (Å²) < 4.78 is 5.41. The van der Waals surface area contributed by atoms with Crippen LogP contribution in [0.2, 0.25) is 0 Å². The molecule has 0 fully saturated rings. The number of thiol groups is 1. The lowest BCUT2D eigenvalue weighted by Gasteiger charge is -2.22. The fourth-order valence-electron chi connectivity index (χ4n) is 1.56. The average molecular weight is 301 g/mol. The molecule has 1 aromatic rings. The molecule has 0 saturated carbocycles. The van der Waals surface area contributed by atoms with Crippen molar-refractivity contribution in [2.45, 2.75) is 25.6 Å². The van der Waals surface area contributed by atoms with Gasteiger partial charge in [0, 0.05) is 17.9 Å². The number of hydrogen-bond acceptors (Lipinski definition) is 6. The lowest BCUT2D eigenvalue weighted by atomic mass is 10.1. The number of ether oxygens (including phenoxy) is 1. The molecule has 2 N–H and O–H groups in total. The standard InChI is InChI=1S/C12H15NO6S/c1-2-9(14)11(6-20)19-10-4-3-7(13(17)18)5-8(10)12(15)16/h3-5,9,11,14,20H,2,6H2,1H3,(H,15,16). The summed E-state index contributed by atoms with van der Waals surface area (Å²) in [7, 11) is 0. The van der Waals surface area contributed by atoms with E-state index in [2.05, 4.69) is 12.6 Å². The van der Waals surface area contributed by atoms with Crippen LogP contribution in [0, 0.1) is 10.1 Å². The van der Waals surface area contributed by atoms with Gasteiger partial charge in [-0.05, 0) is 12.5 Å². The van der Waals surface area contributed by atoms with E-state index >= 15 is 0 Å². The zero-order chi connectivity index (χ0) is 15.3. The van der Waals surface area contributed by atoms with Gasteiger partial charge < -0.3 is 14.9 Å². The maximum absolute atomic E-state index is 11.1. The van der Waals surface area contributed by atoms with Gasteiger partial charge in [0.2, 0.25) is 0 Å². The van der Waals surface area contributed by atoms with Gasteiger partial charge in [0.15, 0.2) is 0 Å². The minimum Gasteiger partial charge on any atom is -0.486 e. The molecule has 0 heterocycles. The largest absolute Gasteiger partial charge is 0.486 e. The molecule has 7 nitrogen and oxygen atoms in total. The van der Waals surface area contributed by atoms with Crippen LogP contribution in [0.15, 0.2) is 18.2 Å². The van der Waals surface area contributed by atoms with E-state index in [1.165, 1.54) is 6.07 Å². The van der Waals surface area contributed by atoms with Crippen molar-refractivity contribution < 1.29 is 24.7 Å². The second kappa shape index (κ2) is 7.11. The van der Waals surface area contributed by atoms with Crippen LogP contribution in [0.3, 0.4) is 0 Å². The molecule has 0 aromatic heterocycles. The Kier molecular flexibility index (Phi) is 5.78. The van der Waals surface area contributed by atoms with Gasteiger partial charge in [0.05, 0.1) is 11.0 Å². The van der Waals surface area contributed by atoms with E-state index in [0.29, 0.717) is 6.42 Å². The number of nitrogens with zero attached hydrogens (tertiary/aromatic N) is 1. The van der Waals surface area contributed by atoms with E-state index in [9.17, 15) is 20.0 Å². The Balaban J connectivity index is 3.11. The fourth-order valence-corrected chi connectivity index (χ4v) is 1.88. The lowest BCUT2D eigenvalue weighted by molar-refractivity contribution is -0.384. The molecule has 0 bridgehead atoms. The summed E-state index contributed by atoms with van der Waals surface area (Å²) in [5, 5.41) is 29.4. The summed E-state index contributed by atoms with van der Waals surface area (Å²) in [6.07, 6.45) is -1.08. The minimum atomic E-state index is -1.34. The Morgan fingerprint density at radius 3 is 2.65 bits per heavy atom. The van der Waals surface area contributed by atoms with Crippen molar-refractivity contribution in [3.8, 4) is 5.75 Å². The van der Waals surface area contributed by atoms with E-state index in [-0.39, 0.29) is 22.8 Å². The lowest BCUT2D eigenvalue weighted by Crippen LogP contribution is -2.33. The Hall–Kier alpha value is -1.80. The number of nitro groups is 1. The Morgan fingerprint density at radius 1 is 1.55 bits per heavy atom. The molecule has 1 aromatic carbocycles. The Labute approximate surface area is 120 Å². The van der Waals surface area contributed by atoms with Crippen molar-refractivity contribution in [1.82, 2.24) is 0 Å². The summed E-state index contributed by atoms with van der Waals surface area (Å²) in [5.74, 6) is -1.19. The molecule has 1 rings (SSSR count). The topological polar surface area (TPSA) is 110 Å². The van der Waals surface area contributed by atoms with Gasteiger partial charge in [0.1, 0.15) is 17.4 Å². The van der Waals surface area contributed by atoms with Gasteiger partial charge in [-0.15, -0.1) is 0 Å². The monoisotopic (exact) mass is 301 g/mol. The number of aromatic carboxylic acids is 1. The first-order chi connectivity index (χ1) is 9.40. The van der Waals surface area contributed by atoms with Crippen LogP contribution in [0.4, 0.5) is 5.69 Å². The number of nitro benzene ring substituents is 1. The van der Waals surface area contributed by atoms with Crippen LogP contribution in [0.25, 0.3) is 0 Å². The van der Waals surface area contributed by atoms with Gasteiger partial charge >= 0.3 is 5.97 Å². The molecular formula is C12H15NO6S. The van der Waals surface area contributed by atoms with Crippen LogP contribution in [-0.4, -0.2) is 39.1 Å². The van der Waals surface area contributed by atoms with Gasteiger partial charge in [-0.2, -0.15) is 12.6 Å². The second-order valence-electron chi connectivity index (χ2n) is 4.06. The van der Waals surface area contributed by atoms with E-state index in [1.54, 1.807) is 6.92 Å². The zero-order valence-corrected chi connectivity index (χ0v) is 11.6. The number of aliphatic hydroxyl groups excluding tert-OH is 1. The van der Waals surface area contributed by atoms with Gasteiger partial charge in [-0.3, -0.25) is 10.1 Å². The third-order valence-electron chi connectivity index (χ3n) is 2.71. The molecule has 110 valence electrons. The quantitative estimate of drug-likeness (QED) is 0.402. The summed E-state index contributed by atoms with van der Waals surface area (Å²) >= 11 is 4.04. The zero-order valence-electron chi connectivity index (χ0n) is 10.7.